The average molecular weight is 198 g/mol. The van der Waals surface area contributed by atoms with E-state index in [1.165, 1.54) is 0 Å². The number of carbonyl (C=O) groups is 1. The standard InChI is InChI=1S/C10H16O2.C2H6/c1-7(2)6-12-10-5-4-9(11)8(10)3;1-2/h7H,4-6H2,1-3H3;1-2H3. The van der Waals surface area contributed by atoms with Crippen LogP contribution in [0.3, 0.4) is 0 Å². The van der Waals surface area contributed by atoms with E-state index in [0.29, 0.717) is 12.3 Å². The van der Waals surface area contributed by atoms with Gasteiger partial charge in [0.15, 0.2) is 5.78 Å². The van der Waals surface area contributed by atoms with Gasteiger partial charge in [-0.05, 0) is 12.8 Å². The van der Waals surface area contributed by atoms with Gasteiger partial charge in [0.05, 0.1) is 6.61 Å². The summed E-state index contributed by atoms with van der Waals surface area (Å²) < 4.78 is 5.51. The van der Waals surface area contributed by atoms with E-state index >= 15 is 0 Å². The first-order valence-corrected chi connectivity index (χ1v) is 5.47. The molecule has 0 unspecified atom stereocenters. The molecule has 0 aromatic heterocycles. The van der Waals surface area contributed by atoms with Crippen molar-refractivity contribution in [3.8, 4) is 0 Å². The second kappa shape index (κ2) is 6.63. The Kier molecular flexibility index (Phi) is 6.26. The van der Waals surface area contributed by atoms with Gasteiger partial charge in [-0.2, -0.15) is 0 Å². The Morgan fingerprint density at radius 1 is 1.29 bits per heavy atom. The largest absolute Gasteiger partial charge is 0.497 e. The molecule has 0 N–H and O–H groups in total. The van der Waals surface area contributed by atoms with Gasteiger partial charge < -0.3 is 4.74 Å². The molecular weight excluding hydrogens is 176 g/mol. The number of hydrogen-bond acceptors (Lipinski definition) is 2. The number of ketones is 1. The highest BCUT2D eigenvalue weighted by Gasteiger charge is 2.20. The lowest BCUT2D eigenvalue weighted by atomic mass is 10.2. The number of carbonyl (C=O) groups excluding carboxylic acids is 1. The maximum absolute atomic E-state index is 11.1. The van der Waals surface area contributed by atoms with E-state index in [0.717, 1.165) is 24.4 Å². The predicted octanol–water partition coefficient (Wildman–Crippen LogP) is 3.32. The minimum atomic E-state index is 0.244. The molecule has 0 heterocycles. The highest BCUT2D eigenvalue weighted by molar-refractivity contribution is 5.97. The topological polar surface area (TPSA) is 26.3 Å². The number of Topliss-reactive ketones (excluding diaryl/α,β-unsaturated/α-hetero) is 1. The Bertz CT molecular complexity index is 214. The van der Waals surface area contributed by atoms with Crippen molar-refractivity contribution in [3.05, 3.63) is 11.3 Å². The van der Waals surface area contributed by atoms with Crippen LogP contribution in [0.2, 0.25) is 0 Å². The SMILES string of the molecule is CC.CC1=C(OCC(C)C)CCC1=O. The van der Waals surface area contributed by atoms with Crippen molar-refractivity contribution in [2.45, 2.75) is 47.5 Å². The number of hydrogen-bond donors (Lipinski definition) is 0. The van der Waals surface area contributed by atoms with Crippen molar-refractivity contribution in [2.24, 2.45) is 5.92 Å². The smallest absolute Gasteiger partial charge is 0.162 e. The molecule has 0 radical (unpaired) electrons. The van der Waals surface area contributed by atoms with Gasteiger partial charge in [0.2, 0.25) is 0 Å². The lowest BCUT2D eigenvalue weighted by Gasteiger charge is -2.09. The Hall–Kier alpha value is -0.790. The molecule has 0 aromatic rings. The quantitative estimate of drug-likeness (QED) is 0.695. The Morgan fingerprint density at radius 3 is 2.21 bits per heavy atom. The summed E-state index contributed by atoms with van der Waals surface area (Å²) in [5.74, 6) is 1.68. The van der Waals surface area contributed by atoms with E-state index in [2.05, 4.69) is 13.8 Å². The molecule has 0 spiro atoms. The van der Waals surface area contributed by atoms with E-state index in [-0.39, 0.29) is 5.78 Å². The maximum Gasteiger partial charge on any atom is 0.162 e. The zero-order valence-electron chi connectivity index (χ0n) is 10.0. The molecule has 82 valence electrons. The fourth-order valence-corrected chi connectivity index (χ4v) is 1.21. The van der Waals surface area contributed by atoms with Crippen LogP contribution in [-0.2, 0) is 9.53 Å². The van der Waals surface area contributed by atoms with E-state index in [9.17, 15) is 4.79 Å². The Morgan fingerprint density at radius 2 is 1.86 bits per heavy atom. The molecule has 0 amide bonds. The van der Waals surface area contributed by atoms with Gasteiger partial charge in [-0.1, -0.05) is 27.7 Å². The van der Waals surface area contributed by atoms with Crippen LogP contribution in [0.1, 0.15) is 47.5 Å². The van der Waals surface area contributed by atoms with Gasteiger partial charge in [0.1, 0.15) is 5.76 Å². The molecule has 1 aliphatic carbocycles. The van der Waals surface area contributed by atoms with Crippen LogP contribution in [-0.4, -0.2) is 12.4 Å². The van der Waals surface area contributed by atoms with Gasteiger partial charge >= 0.3 is 0 Å². The Balaban J connectivity index is 0.000000791. The molecule has 0 saturated heterocycles. The molecule has 0 fully saturated rings. The monoisotopic (exact) mass is 198 g/mol. The van der Waals surface area contributed by atoms with Crippen LogP contribution in [0.15, 0.2) is 11.3 Å². The van der Waals surface area contributed by atoms with Crippen LogP contribution < -0.4 is 0 Å². The summed E-state index contributed by atoms with van der Waals surface area (Å²) in [6.45, 7) is 10.8. The van der Waals surface area contributed by atoms with Crippen molar-refractivity contribution >= 4 is 5.78 Å². The molecule has 0 bridgehead atoms. The van der Waals surface area contributed by atoms with Gasteiger partial charge in [-0.3, -0.25) is 4.79 Å². The fraction of sp³-hybridized carbons (Fsp3) is 0.750. The maximum atomic E-state index is 11.1. The molecule has 0 aliphatic heterocycles. The molecule has 1 aliphatic rings. The van der Waals surface area contributed by atoms with E-state index < -0.39 is 0 Å². The zero-order valence-corrected chi connectivity index (χ0v) is 10.0. The van der Waals surface area contributed by atoms with Crippen LogP contribution in [0, 0.1) is 5.92 Å². The first-order valence-electron chi connectivity index (χ1n) is 5.47. The molecule has 2 nitrogen and oxygen atoms in total. The summed E-state index contributed by atoms with van der Waals surface area (Å²) in [6.07, 6.45) is 1.44. The van der Waals surface area contributed by atoms with Crippen molar-refractivity contribution in [1.29, 1.82) is 0 Å². The molecule has 2 heteroatoms. The first kappa shape index (κ1) is 13.2. The lowest BCUT2D eigenvalue weighted by Crippen LogP contribution is -2.01. The van der Waals surface area contributed by atoms with E-state index in [1.807, 2.05) is 20.8 Å². The molecular formula is C12H22O2. The zero-order chi connectivity index (χ0) is 11.1. The van der Waals surface area contributed by atoms with Crippen LogP contribution in [0.25, 0.3) is 0 Å². The highest BCUT2D eigenvalue weighted by atomic mass is 16.5. The van der Waals surface area contributed by atoms with Gasteiger partial charge in [-0.25, -0.2) is 0 Å². The van der Waals surface area contributed by atoms with E-state index in [1.54, 1.807) is 0 Å². The van der Waals surface area contributed by atoms with E-state index in [4.69, 9.17) is 4.74 Å². The van der Waals surface area contributed by atoms with Crippen LogP contribution >= 0.6 is 0 Å². The van der Waals surface area contributed by atoms with Crippen molar-refractivity contribution in [2.75, 3.05) is 6.61 Å². The second-order valence-corrected chi connectivity index (χ2v) is 3.68. The summed E-state index contributed by atoms with van der Waals surface area (Å²) in [6, 6.07) is 0. The third-order valence-corrected chi connectivity index (χ3v) is 2.01. The summed E-state index contributed by atoms with van der Waals surface area (Å²) in [5, 5.41) is 0. The summed E-state index contributed by atoms with van der Waals surface area (Å²) in [4.78, 5) is 11.1. The summed E-state index contributed by atoms with van der Waals surface area (Å²) in [7, 11) is 0. The molecule has 14 heavy (non-hydrogen) atoms. The third-order valence-electron chi connectivity index (χ3n) is 2.01. The van der Waals surface area contributed by atoms with Crippen LogP contribution in [0.4, 0.5) is 0 Å². The minimum Gasteiger partial charge on any atom is -0.497 e. The highest BCUT2D eigenvalue weighted by Crippen LogP contribution is 2.23. The summed E-state index contributed by atoms with van der Waals surface area (Å²) >= 11 is 0. The molecule has 0 saturated carbocycles. The molecule has 0 atom stereocenters. The van der Waals surface area contributed by atoms with Crippen LogP contribution in [0.5, 0.6) is 0 Å². The normalized spacial score (nSPS) is 15.7. The van der Waals surface area contributed by atoms with Crippen molar-refractivity contribution in [1.82, 2.24) is 0 Å². The number of allylic oxidation sites excluding steroid dienone is 2. The van der Waals surface area contributed by atoms with Crippen molar-refractivity contribution in [3.63, 3.8) is 0 Å². The fourth-order valence-electron chi connectivity index (χ4n) is 1.21. The predicted molar refractivity (Wildman–Crippen MR) is 59.1 cm³/mol. The van der Waals surface area contributed by atoms with Gasteiger partial charge in [0.25, 0.3) is 0 Å². The number of ether oxygens (including phenoxy) is 1. The third kappa shape index (κ3) is 3.95. The molecule has 0 aromatic carbocycles. The van der Waals surface area contributed by atoms with Gasteiger partial charge in [0, 0.05) is 18.4 Å². The lowest BCUT2D eigenvalue weighted by molar-refractivity contribution is -0.114. The first-order chi connectivity index (χ1) is 6.61. The number of rotatable bonds is 3. The summed E-state index contributed by atoms with van der Waals surface area (Å²) in [5.41, 5.74) is 0.829. The van der Waals surface area contributed by atoms with Gasteiger partial charge in [-0.15, -0.1) is 0 Å². The van der Waals surface area contributed by atoms with Crippen molar-refractivity contribution < 1.29 is 9.53 Å². The second-order valence-electron chi connectivity index (χ2n) is 3.68. The molecule has 1 rings (SSSR count). The average Bonchev–Trinajstić information content (AvgIpc) is 2.48. The Labute approximate surface area is 87.3 Å². The minimum absolute atomic E-state index is 0.244.